The van der Waals surface area contributed by atoms with Crippen LogP contribution < -0.4 is 9.64 Å². The maximum atomic E-state index is 5.93. The lowest BCUT2D eigenvalue weighted by molar-refractivity contribution is 0.214. The quantitative estimate of drug-likeness (QED) is 0.728. The molecule has 0 radical (unpaired) electrons. The van der Waals surface area contributed by atoms with Crippen molar-refractivity contribution in [3.63, 3.8) is 0 Å². The second-order valence-corrected chi connectivity index (χ2v) is 6.59. The molecule has 7 heteroatoms. The van der Waals surface area contributed by atoms with Gasteiger partial charge in [0.05, 0.1) is 6.61 Å². The third-order valence-corrected chi connectivity index (χ3v) is 4.72. The van der Waals surface area contributed by atoms with Crippen LogP contribution >= 0.6 is 0 Å². The number of fused-ring (bicyclic) bond motifs is 1. The molecule has 0 bridgehead atoms. The fourth-order valence-electron chi connectivity index (χ4n) is 3.28. The summed E-state index contributed by atoms with van der Waals surface area (Å²) >= 11 is 0. The Morgan fingerprint density at radius 1 is 1.20 bits per heavy atom. The van der Waals surface area contributed by atoms with E-state index in [-0.39, 0.29) is 0 Å². The SMILES string of the molecule is Cc1cc(N2CCC(COc3ncccc3C)CC2)n2ncnc2n1. The van der Waals surface area contributed by atoms with Gasteiger partial charge >= 0.3 is 0 Å². The number of aryl methyl sites for hydroxylation is 2. The minimum Gasteiger partial charge on any atom is -0.477 e. The van der Waals surface area contributed by atoms with Gasteiger partial charge in [0.2, 0.25) is 5.88 Å². The van der Waals surface area contributed by atoms with Crippen LogP contribution in [0.1, 0.15) is 24.1 Å². The molecule has 130 valence electrons. The minimum atomic E-state index is 0.548. The summed E-state index contributed by atoms with van der Waals surface area (Å²) in [5.74, 6) is 3.02. The maximum Gasteiger partial charge on any atom is 0.254 e. The highest BCUT2D eigenvalue weighted by molar-refractivity contribution is 5.47. The topological polar surface area (TPSA) is 68.4 Å². The van der Waals surface area contributed by atoms with Crippen LogP contribution in [0.2, 0.25) is 0 Å². The van der Waals surface area contributed by atoms with Crippen molar-refractivity contribution in [2.75, 3.05) is 24.6 Å². The average molecular weight is 338 g/mol. The van der Waals surface area contributed by atoms with Gasteiger partial charge in [-0.05, 0) is 38.7 Å². The van der Waals surface area contributed by atoms with Gasteiger partial charge in [-0.25, -0.2) is 9.97 Å². The first-order valence-corrected chi connectivity index (χ1v) is 8.67. The lowest BCUT2D eigenvalue weighted by atomic mass is 9.98. The normalized spacial score (nSPS) is 15.7. The molecule has 7 nitrogen and oxygen atoms in total. The molecule has 1 aliphatic rings. The second-order valence-electron chi connectivity index (χ2n) is 6.59. The first-order chi connectivity index (χ1) is 12.2. The number of hydrogen-bond acceptors (Lipinski definition) is 6. The Balaban J connectivity index is 1.40. The molecular formula is C18H22N6O. The van der Waals surface area contributed by atoms with Crippen molar-refractivity contribution < 1.29 is 4.74 Å². The fraction of sp³-hybridized carbons (Fsp3) is 0.444. The first kappa shape index (κ1) is 15.8. The van der Waals surface area contributed by atoms with Crippen molar-refractivity contribution in [2.45, 2.75) is 26.7 Å². The van der Waals surface area contributed by atoms with E-state index in [0.717, 1.165) is 55.5 Å². The number of anilines is 1. The molecule has 0 atom stereocenters. The first-order valence-electron chi connectivity index (χ1n) is 8.67. The highest BCUT2D eigenvalue weighted by Gasteiger charge is 2.22. The van der Waals surface area contributed by atoms with E-state index in [1.165, 1.54) is 0 Å². The van der Waals surface area contributed by atoms with Gasteiger partial charge in [0.25, 0.3) is 5.78 Å². The molecule has 3 aromatic rings. The van der Waals surface area contributed by atoms with Crippen LogP contribution in [0.25, 0.3) is 5.78 Å². The Labute approximate surface area is 146 Å². The van der Waals surface area contributed by atoms with Crippen LogP contribution in [0.3, 0.4) is 0 Å². The summed E-state index contributed by atoms with van der Waals surface area (Å²) in [4.78, 5) is 15.3. The molecule has 4 rings (SSSR count). The van der Waals surface area contributed by atoms with Crippen LogP contribution in [0, 0.1) is 19.8 Å². The van der Waals surface area contributed by atoms with Crippen LogP contribution in [-0.2, 0) is 0 Å². The number of aromatic nitrogens is 5. The molecule has 0 aliphatic carbocycles. The molecule has 1 fully saturated rings. The molecule has 0 N–H and O–H groups in total. The van der Waals surface area contributed by atoms with Crippen LogP contribution in [0.5, 0.6) is 5.88 Å². The molecule has 0 amide bonds. The molecule has 0 aromatic carbocycles. The zero-order valence-corrected chi connectivity index (χ0v) is 14.6. The van der Waals surface area contributed by atoms with Crippen molar-refractivity contribution in [1.29, 1.82) is 0 Å². The highest BCUT2D eigenvalue weighted by Crippen LogP contribution is 2.25. The summed E-state index contributed by atoms with van der Waals surface area (Å²) in [5.41, 5.74) is 2.05. The molecule has 0 saturated carbocycles. The van der Waals surface area contributed by atoms with E-state index < -0.39 is 0 Å². The van der Waals surface area contributed by atoms with Gasteiger partial charge in [-0.1, -0.05) is 6.07 Å². The third kappa shape index (κ3) is 3.26. The van der Waals surface area contributed by atoms with Crippen LogP contribution in [0.4, 0.5) is 5.82 Å². The number of pyridine rings is 1. The van der Waals surface area contributed by atoms with Gasteiger partial charge in [-0.15, -0.1) is 0 Å². The van der Waals surface area contributed by atoms with Gasteiger partial charge < -0.3 is 9.64 Å². The minimum absolute atomic E-state index is 0.548. The van der Waals surface area contributed by atoms with Gasteiger partial charge in [-0.2, -0.15) is 14.6 Å². The largest absolute Gasteiger partial charge is 0.477 e. The van der Waals surface area contributed by atoms with Gasteiger partial charge in [0.15, 0.2) is 0 Å². The van der Waals surface area contributed by atoms with Crippen LogP contribution in [-0.4, -0.2) is 44.3 Å². The lowest BCUT2D eigenvalue weighted by Gasteiger charge is -2.33. The van der Waals surface area contributed by atoms with E-state index in [9.17, 15) is 0 Å². The average Bonchev–Trinajstić information content (AvgIpc) is 3.09. The maximum absolute atomic E-state index is 5.93. The summed E-state index contributed by atoms with van der Waals surface area (Å²) in [6, 6.07) is 6.04. The Kier molecular flexibility index (Phi) is 4.21. The van der Waals surface area contributed by atoms with Gasteiger partial charge in [0, 0.05) is 36.6 Å². The Bertz CT molecular complexity index is 869. The van der Waals surface area contributed by atoms with E-state index >= 15 is 0 Å². The van der Waals surface area contributed by atoms with Crippen molar-refractivity contribution in [1.82, 2.24) is 24.6 Å². The van der Waals surface area contributed by atoms with Crippen molar-refractivity contribution >= 4 is 11.6 Å². The number of piperidine rings is 1. The molecular weight excluding hydrogens is 316 g/mol. The second kappa shape index (κ2) is 6.66. The van der Waals surface area contributed by atoms with Gasteiger partial charge in [0.1, 0.15) is 12.1 Å². The number of rotatable bonds is 4. The van der Waals surface area contributed by atoms with E-state index in [0.29, 0.717) is 11.7 Å². The lowest BCUT2D eigenvalue weighted by Crippen LogP contribution is -2.36. The van der Waals surface area contributed by atoms with Crippen molar-refractivity contribution in [3.05, 3.63) is 42.0 Å². The monoisotopic (exact) mass is 338 g/mol. The molecule has 4 heterocycles. The molecule has 3 aromatic heterocycles. The molecule has 1 aliphatic heterocycles. The molecule has 25 heavy (non-hydrogen) atoms. The van der Waals surface area contributed by atoms with Crippen molar-refractivity contribution in [2.24, 2.45) is 5.92 Å². The predicted molar refractivity (Wildman–Crippen MR) is 94.9 cm³/mol. The van der Waals surface area contributed by atoms with E-state index in [2.05, 4.69) is 31.0 Å². The number of hydrogen-bond donors (Lipinski definition) is 0. The Morgan fingerprint density at radius 2 is 2.04 bits per heavy atom. The molecule has 1 saturated heterocycles. The number of nitrogens with zero attached hydrogens (tertiary/aromatic N) is 6. The summed E-state index contributed by atoms with van der Waals surface area (Å²) < 4.78 is 7.75. The third-order valence-electron chi connectivity index (χ3n) is 4.72. The smallest absolute Gasteiger partial charge is 0.254 e. The molecule has 0 unspecified atom stereocenters. The van der Waals surface area contributed by atoms with Crippen LogP contribution in [0.15, 0.2) is 30.7 Å². The zero-order valence-electron chi connectivity index (χ0n) is 14.6. The standard InChI is InChI=1S/C18H22N6O/c1-13-4-3-7-19-17(13)25-11-15-5-8-23(9-6-15)16-10-14(2)22-18-20-12-21-24(16)18/h3-4,7,10,12,15H,5-6,8-9,11H2,1-2H3. The summed E-state index contributed by atoms with van der Waals surface area (Å²) in [6.45, 7) is 6.70. The van der Waals surface area contributed by atoms with Crippen molar-refractivity contribution in [3.8, 4) is 5.88 Å². The Hall–Kier alpha value is -2.70. The highest BCUT2D eigenvalue weighted by atomic mass is 16.5. The predicted octanol–water partition coefficient (Wildman–Crippen LogP) is 2.43. The Morgan fingerprint density at radius 3 is 2.84 bits per heavy atom. The van der Waals surface area contributed by atoms with E-state index in [1.807, 2.05) is 30.5 Å². The molecule has 0 spiro atoms. The number of ether oxygens (including phenoxy) is 1. The summed E-state index contributed by atoms with van der Waals surface area (Å²) in [6.07, 6.45) is 5.51. The van der Waals surface area contributed by atoms with Gasteiger partial charge in [-0.3, -0.25) is 0 Å². The zero-order chi connectivity index (χ0) is 17.2. The fourth-order valence-corrected chi connectivity index (χ4v) is 3.28. The summed E-state index contributed by atoms with van der Waals surface area (Å²) in [7, 11) is 0. The van der Waals surface area contributed by atoms with E-state index in [4.69, 9.17) is 4.74 Å². The van der Waals surface area contributed by atoms with E-state index in [1.54, 1.807) is 12.5 Å². The summed E-state index contributed by atoms with van der Waals surface area (Å²) in [5, 5.41) is 4.31.